The molecule has 0 aromatic rings. The van der Waals surface area contributed by atoms with Crippen LogP contribution in [0, 0.1) is 5.41 Å². The fraction of sp³-hybridized carbons (Fsp3) is 0.846. The molecule has 0 radical (unpaired) electrons. The predicted octanol–water partition coefficient (Wildman–Crippen LogP) is 1.62. The lowest BCUT2D eigenvalue weighted by Crippen LogP contribution is -2.44. The molecule has 0 heterocycles. The van der Waals surface area contributed by atoms with Crippen molar-refractivity contribution in [3.8, 4) is 0 Å². The summed E-state index contributed by atoms with van der Waals surface area (Å²) in [6, 6.07) is 0. The lowest BCUT2D eigenvalue weighted by atomic mass is 9.68. The monoisotopic (exact) mass is 228 g/mol. The number of hydrogen-bond acceptors (Lipinski definition) is 3. The smallest absolute Gasteiger partial charge is 0.0890 e. The van der Waals surface area contributed by atoms with Gasteiger partial charge < -0.3 is 15.3 Å². The first-order chi connectivity index (χ1) is 7.26. The van der Waals surface area contributed by atoms with Crippen LogP contribution in [0.2, 0.25) is 0 Å². The summed E-state index contributed by atoms with van der Waals surface area (Å²) in [5.74, 6) is 0. The van der Waals surface area contributed by atoms with Gasteiger partial charge in [0.25, 0.3) is 0 Å². The van der Waals surface area contributed by atoms with E-state index < -0.39 is 17.6 Å². The van der Waals surface area contributed by atoms with Crippen LogP contribution >= 0.6 is 0 Å². The summed E-state index contributed by atoms with van der Waals surface area (Å²) >= 11 is 0. The van der Waals surface area contributed by atoms with Crippen molar-refractivity contribution in [2.45, 2.75) is 65.3 Å². The van der Waals surface area contributed by atoms with Crippen molar-refractivity contribution >= 4 is 0 Å². The van der Waals surface area contributed by atoms with E-state index in [4.69, 9.17) is 0 Å². The highest BCUT2D eigenvalue weighted by Gasteiger charge is 2.40. The summed E-state index contributed by atoms with van der Waals surface area (Å²) in [5, 5.41) is 29.1. The van der Waals surface area contributed by atoms with Crippen molar-refractivity contribution in [3.05, 3.63) is 11.1 Å². The zero-order valence-electron chi connectivity index (χ0n) is 10.7. The minimum absolute atomic E-state index is 0.319. The standard InChI is InChI=1S/C13H24O3/c1-8-7-11(15)12(16)13(3,4)10(8)6-5-9(2)14/h9,11-12,14-16H,5-7H2,1-4H3/t9-,11-,12+/m1/s1. The minimum Gasteiger partial charge on any atom is -0.393 e. The van der Waals surface area contributed by atoms with Crippen LogP contribution in [0.3, 0.4) is 0 Å². The number of aliphatic hydroxyl groups excluding tert-OH is 3. The summed E-state index contributed by atoms with van der Waals surface area (Å²) in [7, 11) is 0. The Labute approximate surface area is 97.8 Å². The van der Waals surface area contributed by atoms with Crippen LogP contribution in [-0.4, -0.2) is 33.6 Å². The average Bonchev–Trinajstić information content (AvgIpc) is 2.13. The topological polar surface area (TPSA) is 60.7 Å². The molecule has 0 aliphatic heterocycles. The van der Waals surface area contributed by atoms with Crippen LogP contribution < -0.4 is 0 Å². The Morgan fingerprint density at radius 1 is 1.38 bits per heavy atom. The van der Waals surface area contributed by atoms with E-state index in [1.54, 1.807) is 6.92 Å². The molecule has 0 bridgehead atoms. The maximum atomic E-state index is 10.0. The molecule has 94 valence electrons. The Bertz CT molecular complexity index is 279. The van der Waals surface area contributed by atoms with Crippen LogP contribution in [0.15, 0.2) is 11.1 Å². The van der Waals surface area contributed by atoms with E-state index in [1.165, 1.54) is 5.57 Å². The molecule has 0 spiro atoms. The quantitative estimate of drug-likeness (QED) is 0.643. The molecule has 3 N–H and O–H groups in total. The Kier molecular flexibility index (Phi) is 4.16. The zero-order chi connectivity index (χ0) is 12.5. The van der Waals surface area contributed by atoms with Gasteiger partial charge in [-0.05, 0) is 33.1 Å². The molecule has 0 saturated heterocycles. The molecule has 0 saturated carbocycles. The highest BCUT2D eigenvalue weighted by atomic mass is 16.3. The predicted molar refractivity (Wildman–Crippen MR) is 64.0 cm³/mol. The molecule has 0 unspecified atom stereocenters. The van der Waals surface area contributed by atoms with Crippen LogP contribution in [0.25, 0.3) is 0 Å². The van der Waals surface area contributed by atoms with E-state index in [0.29, 0.717) is 12.8 Å². The maximum Gasteiger partial charge on any atom is 0.0890 e. The number of hydrogen-bond donors (Lipinski definition) is 3. The fourth-order valence-corrected chi connectivity index (χ4v) is 2.65. The first-order valence-electron chi connectivity index (χ1n) is 6.00. The van der Waals surface area contributed by atoms with Gasteiger partial charge in [-0.25, -0.2) is 0 Å². The van der Waals surface area contributed by atoms with Crippen molar-refractivity contribution in [3.63, 3.8) is 0 Å². The van der Waals surface area contributed by atoms with Gasteiger partial charge in [-0.1, -0.05) is 25.0 Å². The van der Waals surface area contributed by atoms with E-state index in [9.17, 15) is 15.3 Å². The SMILES string of the molecule is CC1=C(CC[C@@H](C)O)C(C)(C)[C@@H](O)[C@H](O)C1. The van der Waals surface area contributed by atoms with Gasteiger partial charge >= 0.3 is 0 Å². The fourth-order valence-electron chi connectivity index (χ4n) is 2.65. The van der Waals surface area contributed by atoms with Crippen molar-refractivity contribution in [2.75, 3.05) is 0 Å². The molecule has 3 nitrogen and oxygen atoms in total. The Morgan fingerprint density at radius 2 is 1.94 bits per heavy atom. The van der Waals surface area contributed by atoms with Gasteiger partial charge in [0.1, 0.15) is 0 Å². The van der Waals surface area contributed by atoms with Crippen molar-refractivity contribution < 1.29 is 15.3 Å². The summed E-state index contributed by atoms with van der Waals surface area (Å²) in [4.78, 5) is 0. The largest absolute Gasteiger partial charge is 0.393 e. The van der Waals surface area contributed by atoms with Gasteiger partial charge in [-0.2, -0.15) is 0 Å². The third-order valence-electron chi connectivity index (χ3n) is 3.72. The van der Waals surface area contributed by atoms with Crippen LogP contribution in [-0.2, 0) is 0 Å². The first-order valence-corrected chi connectivity index (χ1v) is 6.00. The van der Waals surface area contributed by atoms with Gasteiger partial charge in [-0.15, -0.1) is 0 Å². The van der Waals surface area contributed by atoms with Gasteiger partial charge in [0.15, 0.2) is 0 Å². The second kappa shape index (κ2) is 4.86. The van der Waals surface area contributed by atoms with Gasteiger partial charge in [0.2, 0.25) is 0 Å². The first kappa shape index (κ1) is 13.7. The minimum atomic E-state index is -0.708. The lowest BCUT2D eigenvalue weighted by molar-refractivity contribution is -0.0472. The van der Waals surface area contributed by atoms with E-state index >= 15 is 0 Å². The van der Waals surface area contributed by atoms with Crippen molar-refractivity contribution in [1.29, 1.82) is 0 Å². The van der Waals surface area contributed by atoms with Gasteiger partial charge in [0, 0.05) is 5.41 Å². The Hall–Kier alpha value is -0.380. The second-order valence-corrected chi connectivity index (χ2v) is 5.58. The van der Waals surface area contributed by atoms with Gasteiger partial charge in [0.05, 0.1) is 18.3 Å². The maximum absolute atomic E-state index is 10.0. The summed E-state index contributed by atoms with van der Waals surface area (Å²) < 4.78 is 0. The Balaban J connectivity index is 2.89. The van der Waals surface area contributed by atoms with Crippen molar-refractivity contribution in [1.82, 2.24) is 0 Å². The zero-order valence-corrected chi connectivity index (χ0v) is 10.7. The second-order valence-electron chi connectivity index (χ2n) is 5.58. The molecular formula is C13H24O3. The molecule has 0 aromatic heterocycles. The molecule has 1 rings (SSSR count). The molecule has 3 atom stereocenters. The normalized spacial score (nSPS) is 31.7. The number of rotatable bonds is 3. The van der Waals surface area contributed by atoms with E-state index in [1.807, 2.05) is 20.8 Å². The molecule has 1 aliphatic carbocycles. The summed E-state index contributed by atoms with van der Waals surface area (Å²) in [6.07, 6.45) is 0.351. The summed E-state index contributed by atoms with van der Waals surface area (Å²) in [6.45, 7) is 7.70. The average molecular weight is 228 g/mol. The molecule has 16 heavy (non-hydrogen) atoms. The third-order valence-corrected chi connectivity index (χ3v) is 3.72. The number of aliphatic hydroxyl groups is 3. The van der Waals surface area contributed by atoms with Crippen LogP contribution in [0.1, 0.15) is 47.0 Å². The molecule has 0 aromatic carbocycles. The Morgan fingerprint density at radius 3 is 2.44 bits per heavy atom. The van der Waals surface area contributed by atoms with E-state index in [-0.39, 0.29) is 6.10 Å². The third kappa shape index (κ3) is 2.65. The van der Waals surface area contributed by atoms with E-state index in [2.05, 4.69) is 0 Å². The van der Waals surface area contributed by atoms with E-state index in [0.717, 1.165) is 12.0 Å². The summed E-state index contributed by atoms with van der Waals surface area (Å²) in [5.41, 5.74) is 1.95. The molecule has 3 heteroatoms. The molecule has 0 fully saturated rings. The van der Waals surface area contributed by atoms with Crippen molar-refractivity contribution in [2.24, 2.45) is 5.41 Å². The molecule has 1 aliphatic rings. The van der Waals surface area contributed by atoms with Crippen LogP contribution in [0.5, 0.6) is 0 Å². The van der Waals surface area contributed by atoms with Crippen LogP contribution in [0.4, 0.5) is 0 Å². The van der Waals surface area contributed by atoms with Gasteiger partial charge in [-0.3, -0.25) is 0 Å². The lowest BCUT2D eigenvalue weighted by Gasteiger charge is -2.42. The molecular weight excluding hydrogens is 204 g/mol. The molecule has 0 amide bonds. The highest BCUT2D eigenvalue weighted by Crippen LogP contribution is 2.42. The highest BCUT2D eigenvalue weighted by molar-refractivity contribution is 5.26.